The number of hydrogen-bond donors (Lipinski definition) is 1. The Hall–Kier alpha value is -2.69. The summed E-state index contributed by atoms with van der Waals surface area (Å²) in [4.78, 5) is 27.9. The topological polar surface area (TPSA) is 71.7 Å². The predicted molar refractivity (Wildman–Crippen MR) is 108 cm³/mol. The third-order valence-corrected chi connectivity index (χ3v) is 4.23. The van der Waals surface area contributed by atoms with Crippen molar-refractivity contribution in [1.82, 2.24) is 4.57 Å². The van der Waals surface area contributed by atoms with Crippen molar-refractivity contribution >= 4 is 17.3 Å². The van der Waals surface area contributed by atoms with Gasteiger partial charge in [0.15, 0.2) is 5.43 Å². The fraction of sp³-hybridized carbons (Fsp3) is 0.381. The minimum atomic E-state index is -1.21. The summed E-state index contributed by atoms with van der Waals surface area (Å²) < 4.78 is 1.82. The van der Waals surface area contributed by atoms with Crippen molar-refractivity contribution in [3.8, 4) is 0 Å². The van der Waals surface area contributed by atoms with E-state index in [2.05, 4.69) is 11.6 Å². The molecule has 0 aliphatic heterocycles. The van der Waals surface area contributed by atoms with Crippen LogP contribution < -0.4 is 5.43 Å². The van der Waals surface area contributed by atoms with Gasteiger partial charge in [-0.3, -0.25) is 9.79 Å². The summed E-state index contributed by atoms with van der Waals surface area (Å²) in [5.74, 6) is -1.21. The summed E-state index contributed by atoms with van der Waals surface area (Å²) in [5, 5.41) is 9.21. The van der Waals surface area contributed by atoms with Gasteiger partial charge in [-0.05, 0) is 50.3 Å². The minimum Gasteiger partial charge on any atom is -0.477 e. The van der Waals surface area contributed by atoms with E-state index in [1.807, 2.05) is 39.2 Å². The van der Waals surface area contributed by atoms with Gasteiger partial charge in [0.05, 0.1) is 0 Å². The number of carbonyl (C=O) groups is 1. The second-order valence-electron chi connectivity index (χ2n) is 6.21. The largest absolute Gasteiger partial charge is 0.477 e. The van der Waals surface area contributed by atoms with Gasteiger partial charge < -0.3 is 9.67 Å². The van der Waals surface area contributed by atoms with Crippen molar-refractivity contribution in [2.45, 2.75) is 54.0 Å². The SMILES string of the molecule is C=CC(=C(\C)c1cc(=O)c(C(=O)O)cn1CCC)/C(C)=C/N=C(C)CC. The van der Waals surface area contributed by atoms with Crippen LogP contribution in [0.15, 0.2) is 52.1 Å². The van der Waals surface area contributed by atoms with E-state index in [0.717, 1.165) is 35.3 Å². The van der Waals surface area contributed by atoms with Gasteiger partial charge in [-0.1, -0.05) is 26.5 Å². The normalized spacial score (nSPS) is 13.4. The summed E-state index contributed by atoms with van der Waals surface area (Å²) in [6, 6.07) is 1.39. The molecule has 0 aliphatic rings. The number of nitrogens with zero attached hydrogens (tertiary/aromatic N) is 2. The van der Waals surface area contributed by atoms with Crippen LogP contribution >= 0.6 is 0 Å². The van der Waals surface area contributed by atoms with Crippen molar-refractivity contribution in [3.05, 3.63) is 63.7 Å². The monoisotopic (exact) mass is 356 g/mol. The molecule has 1 heterocycles. The summed E-state index contributed by atoms with van der Waals surface area (Å²) in [7, 11) is 0. The van der Waals surface area contributed by atoms with Crippen LogP contribution in [0.3, 0.4) is 0 Å². The lowest BCUT2D eigenvalue weighted by atomic mass is 9.99. The van der Waals surface area contributed by atoms with Crippen LogP contribution in [0, 0.1) is 0 Å². The van der Waals surface area contributed by atoms with E-state index >= 15 is 0 Å². The molecule has 0 spiro atoms. The number of carboxylic acid groups (broad SMARTS) is 1. The highest BCUT2D eigenvalue weighted by Gasteiger charge is 2.15. The maximum Gasteiger partial charge on any atom is 0.341 e. The highest BCUT2D eigenvalue weighted by molar-refractivity contribution is 5.87. The second kappa shape index (κ2) is 9.70. The number of aryl methyl sites for hydroxylation is 1. The Balaban J connectivity index is 3.61. The molecule has 0 atom stereocenters. The molecule has 0 bridgehead atoms. The van der Waals surface area contributed by atoms with Gasteiger partial charge in [-0.2, -0.15) is 0 Å². The Morgan fingerprint density at radius 2 is 1.96 bits per heavy atom. The minimum absolute atomic E-state index is 0.217. The molecule has 0 aromatic carbocycles. The number of pyridine rings is 1. The number of hydrogen-bond acceptors (Lipinski definition) is 3. The highest BCUT2D eigenvalue weighted by atomic mass is 16.4. The zero-order chi connectivity index (χ0) is 19.9. The predicted octanol–water partition coefficient (Wildman–Crippen LogP) is 4.69. The molecule has 26 heavy (non-hydrogen) atoms. The first-order valence-electron chi connectivity index (χ1n) is 8.78. The molecule has 1 aromatic rings. The van der Waals surface area contributed by atoms with Crippen LogP contribution in [0.4, 0.5) is 0 Å². The smallest absolute Gasteiger partial charge is 0.341 e. The van der Waals surface area contributed by atoms with E-state index in [1.54, 1.807) is 12.3 Å². The van der Waals surface area contributed by atoms with Gasteiger partial charge in [-0.25, -0.2) is 4.79 Å². The van der Waals surface area contributed by atoms with E-state index in [1.165, 1.54) is 12.3 Å². The van der Waals surface area contributed by atoms with Crippen molar-refractivity contribution in [1.29, 1.82) is 0 Å². The molecule has 1 rings (SSSR count). The maximum atomic E-state index is 12.2. The first-order valence-corrected chi connectivity index (χ1v) is 8.78. The molecule has 1 N–H and O–H groups in total. The summed E-state index contributed by atoms with van der Waals surface area (Å²) in [6.45, 7) is 14.4. The van der Waals surface area contributed by atoms with E-state index in [0.29, 0.717) is 12.2 Å². The molecule has 5 nitrogen and oxygen atoms in total. The Bertz CT molecular complexity index is 839. The number of aromatic nitrogens is 1. The fourth-order valence-corrected chi connectivity index (χ4v) is 2.60. The lowest BCUT2D eigenvalue weighted by molar-refractivity contribution is 0.0694. The Kier molecular flexibility index (Phi) is 7.97. The van der Waals surface area contributed by atoms with Crippen LogP contribution in [0.25, 0.3) is 5.57 Å². The fourth-order valence-electron chi connectivity index (χ4n) is 2.60. The van der Waals surface area contributed by atoms with Crippen LogP contribution in [0.1, 0.15) is 63.5 Å². The molecule has 0 fully saturated rings. The average molecular weight is 356 g/mol. The van der Waals surface area contributed by atoms with Crippen molar-refractivity contribution in [2.75, 3.05) is 0 Å². The zero-order valence-electron chi connectivity index (χ0n) is 16.3. The summed E-state index contributed by atoms with van der Waals surface area (Å²) in [5.41, 5.74) is 3.68. The number of allylic oxidation sites excluding steroid dienone is 4. The Morgan fingerprint density at radius 1 is 1.31 bits per heavy atom. The van der Waals surface area contributed by atoms with Gasteiger partial charge in [0.1, 0.15) is 5.56 Å². The van der Waals surface area contributed by atoms with Crippen molar-refractivity contribution in [2.24, 2.45) is 4.99 Å². The van der Waals surface area contributed by atoms with E-state index in [9.17, 15) is 14.7 Å². The standard InChI is InChI=1S/C21H28N2O3/c1-7-10-23-13-18(21(25)26)20(24)11-19(23)16(6)17(9-3)14(4)12-22-15(5)8-2/h9,11-13H,3,7-8,10H2,1-2,4-6H3,(H,25,26)/b14-12+,17-16-,22-15?. The second-order valence-corrected chi connectivity index (χ2v) is 6.21. The molecule has 0 unspecified atom stereocenters. The van der Waals surface area contributed by atoms with E-state index in [-0.39, 0.29) is 5.56 Å². The first-order chi connectivity index (χ1) is 12.3. The van der Waals surface area contributed by atoms with Crippen molar-refractivity contribution < 1.29 is 9.90 Å². The molecule has 5 heteroatoms. The molecule has 0 aliphatic carbocycles. The van der Waals surface area contributed by atoms with Gasteiger partial charge >= 0.3 is 5.97 Å². The van der Waals surface area contributed by atoms with Gasteiger partial charge in [-0.15, -0.1) is 0 Å². The summed E-state index contributed by atoms with van der Waals surface area (Å²) >= 11 is 0. The Labute approximate surface area is 155 Å². The van der Waals surface area contributed by atoms with Crippen LogP contribution in [-0.4, -0.2) is 21.4 Å². The Morgan fingerprint density at radius 3 is 2.46 bits per heavy atom. The molecular formula is C21H28N2O3. The molecule has 140 valence electrons. The zero-order valence-corrected chi connectivity index (χ0v) is 16.3. The molecular weight excluding hydrogens is 328 g/mol. The lowest BCUT2D eigenvalue weighted by Crippen LogP contribution is -2.20. The van der Waals surface area contributed by atoms with Gasteiger partial charge in [0.2, 0.25) is 0 Å². The number of rotatable bonds is 8. The van der Waals surface area contributed by atoms with Crippen LogP contribution in [-0.2, 0) is 6.54 Å². The van der Waals surface area contributed by atoms with Crippen molar-refractivity contribution in [3.63, 3.8) is 0 Å². The number of carboxylic acids is 1. The van der Waals surface area contributed by atoms with E-state index < -0.39 is 11.4 Å². The summed E-state index contributed by atoms with van der Waals surface area (Å²) in [6.07, 6.45) is 6.66. The highest BCUT2D eigenvalue weighted by Crippen LogP contribution is 2.24. The van der Waals surface area contributed by atoms with E-state index in [4.69, 9.17) is 0 Å². The van der Waals surface area contributed by atoms with Crippen LogP contribution in [0.5, 0.6) is 0 Å². The first kappa shape index (κ1) is 21.4. The molecule has 0 saturated heterocycles. The maximum absolute atomic E-state index is 12.2. The molecule has 0 saturated carbocycles. The third kappa shape index (κ3) is 5.15. The van der Waals surface area contributed by atoms with Crippen LogP contribution in [0.2, 0.25) is 0 Å². The van der Waals surface area contributed by atoms with Gasteiger partial charge in [0.25, 0.3) is 0 Å². The number of aromatic carboxylic acids is 1. The number of aliphatic imine (C=N–C) groups is 1. The van der Waals surface area contributed by atoms with Gasteiger partial charge in [0, 0.05) is 36.4 Å². The lowest BCUT2D eigenvalue weighted by Gasteiger charge is -2.17. The molecule has 1 aromatic heterocycles. The third-order valence-electron chi connectivity index (χ3n) is 4.23. The average Bonchev–Trinajstić information content (AvgIpc) is 2.61. The molecule has 0 amide bonds. The quantitative estimate of drug-likeness (QED) is 0.542. The molecule has 0 radical (unpaired) electrons.